The van der Waals surface area contributed by atoms with Crippen molar-refractivity contribution in [1.82, 2.24) is 0 Å². The molecule has 0 N–H and O–H groups in total. The molecule has 0 fully saturated rings. The Morgan fingerprint density at radius 3 is 2.52 bits per heavy atom. The van der Waals surface area contributed by atoms with E-state index in [-0.39, 0.29) is 11.6 Å². The number of nitrogens with zero attached hydrogens (tertiary/aromatic N) is 1. The third-order valence-electron chi connectivity index (χ3n) is 4.54. The molecule has 0 radical (unpaired) electrons. The molecule has 0 bridgehead atoms. The van der Waals surface area contributed by atoms with Crippen molar-refractivity contribution >= 4 is 29.5 Å². The van der Waals surface area contributed by atoms with E-state index in [1.807, 2.05) is 55.5 Å². The molecule has 0 saturated heterocycles. The fourth-order valence-electron chi connectivity index (χ4n) is 3.02. The third kappa shape index (κ3) is 5.13. The van der Waals surface area contributed by atoms with E-state index in [0.29, 0.717) is 40.9 Å². The summed E-state index contributed by atoms with van der Waals surface area (Å²) in [5, 5.41) is 0.598. The molecule has 6 heteroatoms. The van der Waals surface area contributed by atoms with Crippen LogP contribution in [0.2, 0.25) is 5.02 Å². The highest BCUT2D eigenvalue weighted by Gasteiger charge is 2.24. The van der Waals surface area contributed by atoms with E-state index in [2.05, 4.69) is 4.99 Å². The lowest BCUT2D eigenvalue weighted by molar-refractivity contribution is -0.129. The van der Waals surface area contributed by atoms with Crippen molar-refractivity contribution in [3.8, 4) is 11.5 Å². The van der Waals surface area contributed by atoms with Gasteiger partial charge in [-0.1, -0.05) is 41.9 Å². The summed E-state index contributed by atoms with van der Waals surface area (Å²) in [6.07, 6.45) is 1.65. The minimum Gasteiger partial charge on any atom is -0.493 e. The quantitative estimate of drug-likeness (QED) is 0.356. The number of hydrogen-bond acceptors (Lipinski definition) is 5. The molecule has 4 rings (SSSR count). The van der Waals surface area contributed by atoms with Crippen molar-refractivity contribution in [2.45, 2.75) is 13.5 Å². The molecule has 0 amide bonds. The van der Waals surface area contributed by atoms with Gasteiger partial charge in [0, 0.05) is 22.2 Å². The van der Waals surface area contributed by atoms with Crippen LogP contribution in [0.5, 0.6) is 11.5 Å². The smallest absolute Gasteiger partial charge is 0.363 e. The van der Waals surface area contributed by atoms with Gasteiger partial charge in [0.15, 0.2) is 5.70 Å². The van der Waals surface area contributed by atoms with Crippen molar-refractivity contribution in [2.24, 2.45) is 4.99 Å². The van der Waals surface area contributed by atoms with Crippen LogP contribution >= 0.6 is 11.6 Å². The first-order chi connectivity index (χ1) is 15.1. The average Bonchev–Trinajstić information content (AvgIpc) is 3.15. The normalized spacial score (nSPS) is 14.3. The molecule has 0 atom stereocenters. The highest BCUT2D eigenvalue weighted by molar-refractivity contribution is 6.30. The molecular weight excluding hydrogens is 414 g/mol. The summed E-state index contributed by atoms with van der Waals surface area (Å²) >= 11 is 5.92. The van der Waals surface area contributed by atoms with Crippen LogP contribution in [0.3, 0.4) is 0 Å². The number of benzene rings is 3. The Balaban J connectivity index is 1.57. The number of carbonyl (C=O) groups excluding carboxylic acids is 1. The van der Waals surface area contributed by atoms with Gasteiger partial charge in [-0.3, -0.25) is 0 Å². The molecule has 1 aliphatic rings. The number of aliphatic imine (C=N–C) groups is 1. The Morgan fingerprint density at radius 1 is 1.00 bits per heavy atom. The summed E-state index contributed by atoms with van der Waals surface area (Å²) in [4.78, 5) is 16.7. The third-order valence-corrected chi connectivity index (χ3v) is 4.79. The fourth-order valence-corrected chi connectivity index (χ4v) is 3.14. The molecule has 0 aliphatic carbocycles. The molecule has 31 heavy (non-hydrogen) atoms. The number of carbonyl (C=O) groups is 1. The van der Waals surface area contributed by atoms with Crippen molar-refractivity contribution < 1.29 is 19.0 Å². The van der Waals surface area contributed by atoms with E-state index in [0.717, 1.165) is 5.56 Å². The van der Waals surface area contributed by atoms with Gasteiger partial charge >= 0.3 is 5.97 Å². The van der Waals surface area contributed by atoms with E-state index in [1.165, 1.54) is 0 Å². The second-order valence-corrected chi connectivity index (χ2v) is 7.19. The maximum atomic E-state index is 12.3. The first kappa shape index (κ1) is 20.7. The zero-order chi connectivity index (χ0) is 21.6. The molecule has 0 saturated carbocycles. The molecule has 0 unspecified atom stereocenters. The predicted octanol–water partition coefficient (Wildman–Crippen LogP) is 5.66. The van der Waals surface area contributed by atoms with E-state index >= 15 is 0 Å². The molecule has 3 aromatic rings. The number of halogens is 1. The van der Waals surface area contributed by atoms with Crippen LogP contribution in [0.4, 0.5) is 0 Å². The number of hydrogen-bond donors (Lipinski definition) is 0. The number of esters is 1. The van der Waals surface area contributed by atoms with Crippen LogP contribution in [0.25, 0.3) is 6.08 Å². The van der Waals surface area contributed by atoms with Crippen molar-refractivity contribution in [3.05, 3.63) is 100 Å². The highest BCUT2D eigenvalue weighted by Crippen LogP contribution is 2.29. The standard InChI is InChI=1S/C25H20ClNO4/c1-2-29-23-15-21(30-16-17-6-4-3-5-7-17)13-10-19(23)14-22-25(28)31-24(27-22)18-8-11-20(26)12-9-18/h3-15H,2,16H2,1H3/b22-14-. The molecule has 0 spiro atoms. The zero-order valence-corrected chi connectivity index (χ0v) is 17.6. The second kappa shape index (κ2) is 9.49. The molecule has 3 aromatic carbocycles. The Kier molecular flexibility index (Phi) is 6.34. The van der Waals surface area contributed by atoms with Crippen LogP contribution in [-0.2, 0) is 16.1 Å². The van der Waals surface area contributed by atoms with Crippen LogP contribution < -0.4 is 9.47 Å². The summed E-state index contributed by atoms with van der Waals surface area (Å²) in [5.74, 6) is 1.00. The number of rotatable bonds is 7. The molecule has 1 heterocycles. The topological polar surface area (TPSA) is 57.1 Å². The first-order valence-corrected chi connectivity index (χ1v) is 10.2. The van der Waals surface area contributed by atoms with Gasteiger partial charge in [-0.25, -0.2) is 9.79 Å². The summed E-state index contributed by atoms with van der Waals surface area (Å²) < 4.78 is 17.0. The van der Waals surface area contributed by atoms with Gasteiger partial charge in [0.2, 0.25) is 5.90 Å². The van der Waals surface area contributed by atoms with E-state index in [1.54, 1.807) is 30.3 Å². The molecule has 156 valence electrons. The highest BCUT2D eigenvalue weighted by atomic mass is 35.5. The average molecular weight is 434 g/mol. The van der Waals surface area contributed by atoms with Gasteiger partial charge in [-0.15, -0.1) is 0 Å². The van der Waals surface area contributed by atoms with Gasteiger partial charge in [0.05, 0.1) is 6.61 Å². The van der Waals surface area contributed by atoms with Gasteiger partial charge in [-0.05, 0) is 55.0 Å². The van der Waals surface area contributed by atoms with Crippen LogP contribution in [0.1, 0.15) is 23.6 Å². The second-order valence-electron chi connectivity index (χ2n) is 6.75. The fraction of sp³-hybridized carbons (Fsp3) is 0.120. The summed E-state index contributed by atoms with van der Waals surface area (Å²) in [6, 6.07) is 22.3. The van der Waals surface area contributed by atoms with Crippen LogP contribution in [0.15, 0.2) is 83.5 Å². The summed E-state index contributed by atoms with van der Waals surface area (Å²) in [6.45, 7) is 2.82. The van der Waals surface area contributed by atoms with E-state index in [9.17, 15) is 4.79 Å². The van der Waals surface area contributed by atoms with Crippen molar-refractivity contribution in [1.29, 1.82) is 0 Å². The predicted molar refractivity (Wildman–Crippen MR) is 120 cm³/mol. The Hall–Kier alpha value is -3.57. The lowest BCUT2D eigenvalue weighted by Crippen LogP contribution is -2.05. The Bertz CT molecular complexity index is 1140. The lowest BCUT2D eigenvalue weighted by atomic mass is 10.1. The minimum atomic E-state index is -0.517. The van der Waals surface area contributed by atoms with Crippen LogP contribution in [-0.4, -0.2) is 18.5 Å². The van der Waals surface area contributed by atoms with Crippen LogP contribution in [0, 0.1) is 0 Å². The van der Waals surface area contributed by atoms with Gasteiger partial charge in [0.25, 0.3) is 0 Å². The molecule has 1 aliphatic heterocycles. The van der Waals surface area contributed by atoms with Crippen molar-refractivity contribution in [2.75, 3.05) is 6.61 Å². The lowest BCUT2D eigenvalue weighted by Gasteiger charge is -2.11. The van der Waals surface area contributed by atoms with Gasteiger partial charge < -0.3 is 14.2 Å². The van der Waals surface area contributed by atoms with Crippen molar-refractivity contribution in [3.63, 3.8) is 0 Å². The maximum Gasteiger partial charge on any atom is 0.363 e. The molecule has 0 aromatic heterocycles. The first-order valence-electron chi connectivity index (χ1n) is 9.84. The van der Waals surface area contributed by atoms with E-state index < -0.39 is 5.97 Å². The largest absolute Gasteiger partial charge is 0.493 e. The van der Waals surface area contributed by atoms with E-state index in [4.69, 9.17) is 25.8 Å². The number of cyclic esters (lactones) is 1. The Morgan fingerprint density at radius 2 is 1.77 bits per heavy atom. The summed E-state index contributed by atoms with van der Waals surface area (Å²) in [5.41, 5.74) is 2.66. The monoisotopic (exact) mass is 433 g/mol. The zero-order valence-electron chi connectivity index (χ0n) is 16.9. The SMILES string of the molecule is CCOc1cc(OCc2ccccc2)ccc1/C=C1\N=C(c2ccc(Cl)cc2)OC1=O. The summed E-state index contributed by atoms with van der Waals surface area (Å²) in [7, 11) is 0. The van der Waals surface area contributed by atoms with Gasteiger partial charge in [0.1, 0.15) is 18.1 Å². The number of ether oxygens (including phenoxy) is 3. The Labute approximate surface area is 185 Å². The maximum absolute atomic E-state index is 12.3. The molecular formula is C25H20ClNO4. The molecule has 5 nitrogen and oxygen atoms in total. The minimum absolute atomic E-state index is 0.198. The van der Waals surface area contributed by atoms with Gasteiger partial charge in [-0.2, -0.15) is 0 Å².